The van der Waals surface area contributed by atoms with E-state index in [-0.39, 0.29) is 5.91 Å². The highest BCUT2D eigenvalue weighted by Gasteiger charge is 2.24. The van der Waals surface area contributed by atoms with E-state index in [0.29, 0.717) is 24.5 Å². The molecule has 4 aromatic rings. The van der Waals surface area contributed by atoms with Crippen LogP contribution in [0.25, 0.3) is 16.8 Å². The summed E-state index contributed by atoms with van der Waals surface area (Å²) in [5.41, 5.74) is 5.20. The Morgan fingerprint density at radius 3 is 2.52 bits per heavy atom. The van der Waals surface area contributed by atoms with Crippen molar-refractivity contribution >= 4 is 29.6 Å². The van der Waals surface area contributed by atoms with Crippen molar-refractivity contribution in [1.82, 2.24) is 25.5 Å². The van der Waals surface area contributed by atoms with Gasteiger partial charge in [0, 0.05) is 18.7 Å². The molecule has 1 atom stereocenters. The highest BCUT2D eigenvalue weighted by molar-refractivity contribution is 7.98. The molecule has 0 unspecified atom stereocenters. The Balaban J connectivity index is 1.71. The molecule has 0 saturated carbocycles. The van der Waals surface area contributed by atoms with Gasteiger partial charge in [-0.25, -0.2) is 4.79 Å². The van der Waals surface area contributed by atoms with Crippen LogP contribution in [0.3, 0.4) is 0 Å². The molecule has 0 bridgehead atoms. The maximum absolute atomic E-state index is 13.6. The molecule has 4 rings (SSSR count). The van der Waals surface area contributed by atoms with Gasteiger partial charge < -0.3 is 15.0 Å². The topological polar surface area (TPSA) is 102 Å². The van der Waals surface area contributed by atoms with Crippen LogP contribution in [0, 0.1) is 6.92 Å². The molecule has 42 heavy (non-hydrogen) atoms. The first-order chi connectivity index (χ1) is 20.5. The predicted octanol–water partition coefficient (Wildman–Crippen LogP) is 5.47. The molecule has 1 amide bonds. The maximum Gasteiger partial charge on any atom is 0.328 e. The molecule has 0 aliphatic carbocycles. The third-order valence-corrected chi connectivity index (χ3v) is 7.70. The molecule has 9 nitrogen and oxygen atoms in total. The van der Waals surface area contributed by atoms with E-state index in [1.54, 1.807) is 16.4 Å². The lowest BCUT2D eigenvalue weighted by Gasteiger charge is -2.24. The van der Waals surface area contributed by atoms with Gasteiger partial charge in [-0.2, -0.15) is 16.4 Å². The number of para-hydroxylation sites is 1. The van der Waals surface area contributed by atoms with E-state index < -0.39 is 12.0 Å². The first kappa shape index (κ1) is 30.8. The minimum atomic E-state index is -0.722. The number of rotatable bonds is 14. The number of tetrazole rings is 1. The second kappa shape index (κ2) is 15.2. The zero-order valence-electron chi connectivity index (χ0n) is 24.6. The summed E-state index contributed by atoms with van der Waals surface area (Å²) in [6, 6.07) is 23.0. The van der Waals surface area contributed by atoms with E-state index >= 15 is 0 Å². The minimum Gasteiger partial charge on any atom is -0.467 e. The number of carbonyl (C=O) groups is 2. The summed E-state index contributed by atoms with van der Waals surface area (Å²) in [5.74, 6) is 0.615. The molecule has 1 aromatic heterocycles. The van der Waals surface area contributed by atoms with E-state index in [1.807, 2.05) is 79.9 Å². The number of thioether (sulfide) groups is 1. The number of carbonyl (C=O) groups excluding carboxylic acids is 2. The van der Waals surface area contributed by atoms with Crippen molar-refractivity contribution in [3.8, 4) is 16.8 Å². The van der Waals surface area contributed by atoms with Crippen LogP contribution in [-0.4, -0.2) is 63.8 Å². The molecule has 0 fully saturated rings. The van der Waals surface area contributed by atoms with Crippen molar-refractivity contribution in [3.05, 3.63) is 89.5 Å². The standard InChI is InChI=1S/C32H38N6O3S/c1-5-6-19-37(32-34-35-36-38(32)25-13-8-7-9-14-25)22-24-16-17-27(28(21-24)26-15-11-10-12-23(26)2)30(39)33-29(18-20-42-4)31(40)41-3/h7-17,21,29H,5-6,18-20,22H2,1-4H3,(H,33,39)/t29-/m0/s1. The van der Waals surface area contributed by atoms with Gasteiger partial charge in [-0.1, -0.05) is 67.0 Å². The van der Waals surface area contributed by atoms with Gasteiger partial charge in [-0.05, 0) is 88.7 Å². The molecule has 1 N–H and O–H groups in total. The Hall–Kier alpha value is -4.18. The molecular weight excluding hydrogens is 548 g/mol. The summed E-state index contributed by atoms with van der Waals surface area (Å²) < 4.78 is 6.72. The summed E-state index contributed by atoms with van der Waals surface area (Å²) >= 11 is 1.61. The number of hydrogen-bond donors (Lipinski definition) is 1. The van der Waals surface area contributed by atoms with E-state index in [9.17, 15) is 9.59 Å². The second-order valence-electron chi connectivity index (χ2n) is 10.0. The van der Waals surface area contributed by atoms with Crippen molar-refractivity contribution in [2.24, 2.45) is 0 Å². The van der Waals surface area contributed by atoms with Gasteiger partial charge in [0.15, 0.2) is 0 Å². The average Bonchev–Trinajstić information content (AvgIpc) is 3.51. The van der Waals surface area contributed by atoms with Gasteiger partial charge in [-0.15, -0.1) is 0 Å². The average molecular weight is 587 g/mol. The number of benzene rings is 3. The number of nitrogens with one attached hydrogen (secondary N) is 1. The summed E-state index contributed by atoms with van der Waals surface area (Å²) in [4.78, 5) is 28.2. The van der Waals surface area contributed by atoms with Crippen LogP contribution in [0.5, 0.6) is 0 Å². The third kappa shape index (κ3) is 7.55. The van der Waals surface area contributed by atoms with Crippen LogP contribution in [-0.2, 0) is 16.1 Å². The van der Waals surface area contributed by atoms with Crippen LogP contribution >= 0.6 is 11.8 Å². The summed E-state index contributed by atoms with van der Waals surface area (Å²) in [6.07, 6.45) is 4.44. The molecule has 220 valence electrons. The van der Waals surface area contributed by atoms with E-state index in [4.69, 9.17) is 4.74 Å². The van der Waals surface area contributed by atoms with Crippen molar-refractivity contribution in [3.63, 3.8) is 0 Å². The monoisotopic (exact) mass is 586 g/mol. The second-order valence-corrected chi connectivity index (χ2v) is 11.0. The smallest absolute Gasteiger partial charge is 0.328 e. The molecule has 0 saturated heterocycles. The zero-order chi connectivity index (χ0) is 29.9. The fourth-order valence-electron chi connectivity index (χ4n) is 4.78. The number of unbranched alkanes of at least 4 members (excludes halogenated alkanes) is 1. The highest BCUT2D eigenvalue weighted by Crippen LogP contribution is 2.29. The van der Waals surface area contributed by atoms with Gasteiger partial charge in [0.25, 0.3) is 11.9 Å². The van der Waals surface area contributed by atoms with E-state index in [1.165, 1.54) is 7.11 Å². The number of hydrogen-bond acceptors (Lipinski definition) is 8. The van der Waals surface area contributed by atoms with Gasteiger partial charge in [0.2, 0.25) is 0 Å². The van der Waals surface area contributed by atoms with Crippen molar-refractivity contribution < 1.29 is 14.3 Å². The lowest BCUT2D eigenvalue weighted by atomic mass is 9.93. The molecule has 0 radical (unpaired) electrons. The quantitative estimate of drug-likeness (QED) is 0.194. The molecule has 3 aromatic carbocycles. The number of anilines is 1. The normalized spacial score (nSPS) is 11.6. The van der Waals surface area contributed by atoms with Crippen molar-refractivity contribution in [2.45, 2.75) is 45.7 Å². The SMILES string of the molecule is CCCCN(Cc1ccc(C(=O)N[C@@H](CCSC)C(=O)OC)c(-c2ccccc2C)c1)c1nnnn1-c1ccccc1. The molecular formula is C32H38N6O3S. The van der Waals surface area contributed by atoms with Crippen molar-refractivity contribution in [2.75, 3.05) is 30.6 Å². The van der Waals surface area contributed by atoms with E-state index in [0.717, 1.165) is 53.1 Å². The van der Waals surface area contributed by atoms with Crippen molar-refractivity contribution in [1.29, 1.82) is 0 Å². The number of aryl methyl sites for hydroxylation is 1. The molecule has 10 heteroatoms. The molecule has 0 aliphatic heterocycles. The Bertz CT molecular complexity index is 1480. The van der Waals surface area contributed by atoms with Gasteiger partial charge in [0.1, 0.15) is 6.04 Å². The fraction of sp³-hybridized carbons (Fsp3) is 0.344. The Morgan fingerprint density at radius 1 is 1.05 bits per heavy atom. The lowest BCUT2D eigenvalue weighted by molar-refractivity contribution is -0.142. The summed E-state index contributed by atoms with van der Waals surface area (Å²) in [7, 11) is 1.34. The van der Waals surface area contributed by atoms with Gasteiger partial charge in [-0.3, -0.25) is 4.79 Å². The lowest BCUT2D eigenvalue weighted by Crippen LogP contribution is -2.42. The van der Waals surface area contributed by atoms with Crippen LogP contribution in [0.4, 0.5) is 5.95 Å². The first-order valence-corrected chi connectivity index (χ1v) is 15.5. The fourth-order valence-corrected chi connectivity index (χ4v) is 5.25. The van der Waals surface area contributed by atoms with Gasteiger partial charge >= 0.3 is 5.97 Å². The number of esters is 1. The largest absolute Gasteiger partial charge is 0.467 e. The number of aromatic nitrogens is 4. The molecule has 1 heterocycles. The molecule has 0 aliphatic rings. The Morgan fingerprint density at radius 2 is 1.81 bits per heavy atom. The number of nitrogens with zero attached hydrogens (tertiary/aromatic N) is 5. The van der Waals surface area contributed by atoms with E-state index in [2.05, 4.69) is 38.7 Å². The van der Waals surface area contributed by atoms with Crippen LogP contribution < -0.4 is 10.2 Å². The summed E-state index contributed by atoms with van der Waals surface area (Å²) in [5, 5.41) is 15.5. The zero-order valence-corrected chi connectivity index (χ0v) is 25.4. The maximum atomic E-state index is 13.6. The number of ether oxygens (including phenoxy) is 1. The first-order valence-electron chi connectivity index (χ1n) is 14.1. The molecule has 0 spiro atoms. The number of amides is 1. The van der Waals surface area contributed by atoms with Crippen LogP contribution in [0.2, 0.25) is 0 Å². The third-order valence-electron chi connectivity index (χ3n) is 7.06. The van der Waals surface area contributed by atoms with Crippen LogP contribution in [0.1, 0.15) is 47.7 Å². The number of methoxy groups -OCH3 is 1. The highest BCUT2D eigenvalue weighted by atomic mass is 32.2. The minimum absolute atomic E-state index is 0.313. The Kier molecular flexibility index (Phi) is 11.1. The predicted molar refractivity (Wildman–Crippen MR) is 168 cm³/mol. The Labute approximate surface area is 251 Å². The van der Waals surface area contributed by atoms with Crippen LogP contribution in [0.15, 0.2) is 72.8 Å². The van der Waals surface area contributed by atoms with Gasteiger partial charge in [0.05, 0.1) is 12.8 Å². The summed E-state index contributed by atoms with van der Waals surface area (Å²) in [6.45, 7) is 5.50.